The predicted octanol–water partition coefficient (Wildman–Crippen LogP) is 4.46. The average molecular weight is 419 g/mol. The summed E-state index contributed by atoms with van der Waals surface area (Å²) in [5, 5.41) is 9.64. The third kappa shape index (κ3) is 2.84. The summed E-state index contributed by atoms with van der Waals surface area (Å²) < 4.78 is 27.0. The van der Waals surface area contributed by atoms with Crippen LogP contribution in [-0.2, 0) is 9.84 Å². The highest BCUT2D eigenvalue weighted by Crippen LogP contribution is 2.43. The maximum absolute atomic E-state index is 13.0. The van der Waals surface area contributed by atoms with Gasteiger partial charge in [0.2, 0.25) is 9.84 Å². The smallest absolute Gasteiger partial charge is 0.216 e. The predicted molar refractivity (Wildman–Crippen MR) is 98.5 cm³/mol. The Kier molecular flexibility index (Phi) is 4.45. The van der Waals surface area contributed by atoms with Gasteiger partial charge in [0.05, 0.1) is 10.5 Å². The Labute approximate surface area is 152 Å². The second kappa shape index (κ2) is 6.40. The van der Waals surface area contributed by atoms with E-state index >= 15 is 0 Å². The zero-order valence-electron chi connectivity index (χ0n) is 12.2. The second-order valence-electron chi connectivity index (χ2n) is 4.94. The average Bonchev–Trinajstić information content (AvgIpc) is 2.93. The van der Waals surface area contributed by atoms with Gasteiger partial charge in [-0.1, -0.05) is 46.3 Å². The second-order valence-corrected chi connectivity index (χ2v) is 9.05. The molecule has 0 atom stereocenters. The van der Waals surface area contributed by atoms with Gasteiger partial charge in [-0.15, -0.1) is 11.3 Å². The number of halogens is 1. The van der Waals surface area contributed by atoms with Crippen LogP contribution in [0.3, 0.4) is 0 Å². The van der Waals surface area contributed by atoms with Crippen LogP contribution in [0, 0.1) is 11.3 Å². The lowest BCUT2D eigenvalue weighted by Gasteiger charge is -2.07. The fourth-order valence-corrected chi connectivity index (χ4v) is 5.56. The van der Waals surface area contributed by atoms with Crippen LogP contribution in [0.1, 0.15) is 5.56 Å². The van der Waals surface area contributed by atoms with E-state index in [1.165, 1.54) is 12.1 Å². The van der Waals surface area contributed by atoms with E-state index in [-0.39, 0.29) is 19.7 Å². The van der Waals surface area contributed by atoms with E-state index in [1.54, 1.807) is 42.5 Å². The summed E-state index contributed by atoms with van der Waals surface area (Å²) in [6.07, 6.45) is 0. The van der Waals surface area contributed by atoms with Gasteiger partial charge in [0.25, 0.3) is 0 Å². The molecule has 0 amide bonds. The Morgan fingerprint density at radius 3 is 2.25 bits per heavy atom. The van der Waals surface area contributed by atoms with Crippen molar-refractivity contribution in [2.24, 2.45) is 0 Å². The van der Waals surface area contributed by atoms with E-state index in [0.29, 0.717) is 11.1 Å². The maximum Gasteiger partial charge on any atom is 0.216 e. The molecule has 2 aromatic carbocycles. The van der Waals surface area contributed by atoms with E-state index in [0.717, 1.165) is 15.8 Å². The number of nitrogens with two attached hydrogens (primary N) is 1. The van der Waals surface area contributed by atoms with E-state index in [9.17, 15) is 13.7 Å². The molecule has 120 valence electrons. The summed E-state index contributed by atoms with van der Waals surface area (Å²) >= 11 is 4.27. The fraction of sp³-hybridized carbons (Fsp3) is 0. The monoisotopic (exact) mass is 418 g/mol. The number of benzene rings is 2. The van der Waals surface area contributed by atoms with Crippen LogP contribution < -0.4 is 5.73 Å². The Morgan fingerprint density at radius 2 is 1.67 bits per heavy atom. The van der Waals surface area contributed by atoms with Gasteiger partial charge in [-0.2, -0.15) is 5.26 Å². The highest BCUT2D eigenvalue weighted by molar-refractivity contribution is 9.10. The molecule has 3 aromatic rings. The SMILES string of the molecule is N#Cc1c(N)sc(S(=O)(=O)c2ccccc2)c1-c1ccc(Br)cc1. The lowest BCUT2D eigenvalue weighted by molar-refractivity contribution is 0.598. The molecule has 24 heavy (non-hydrogen) atoms. The van der Waals surface area contributed by atoms with E-state index in [1.807, 2.05) is 6.07 Å². The molecule has 0 saturated heterocycles. The molecule has 0 unspecified atom stereocenters. The van der Waals surface area contributed by atoms with Crippen LogP contribution in [0.5, 0.6) is 0 Å². The first-order valence-corrected chi connectivity index (χ1v) is 9.93. The summed E-state index contributed by atoms with van der Waals surface area (Å²) in [6, 6.07) is 17.3. The molecule has 0 aliphatic heterocycles. The molecule has 0 saturated carbocycles. The standard InChI is InChI=1S/C17H11BrN2O2S2/c18-12-8-6-11(7-9-12)15-14(10-19)16(20)23-17(15)24(21,22)13-4-2-1-3-5-13/h1-9H,20H2. The van der Waals surface area contributed by atoms with Crippen LogP contribution in [0.4, 0.5) is 5.00 Å². The Hall–Kier alpha value is -2.14. The van der Waals surface area contributed by atoms with Crippen molar-refractivity contribution in [2.45, 2.75) is 9.10 Å². The Balaban J connectivity index is 2.31. The van der Waals surface area contributed by atoms with Gasteiger partial charge in [0.15, 0.2) is 0 Å². The van der Waals surface area contributed by atoms with Crippen LogP contribution >= 0.6 is 27.3 Å². The molecule has 4 nitrogen and oxygen atoms in total. The first kappa shape index (κ1) is 16.7. The molecule has 3 rings (SSSR count). The van der Waals surface area contributed by atoms with Crippen molar-refractivity contribution in [1.82, 2.24) is 0 Å². The number of nitrogen functional groups attached to an aromatic ring is 1. The normalized spacial score (nSPS) is 11.2. The third-order valence-electron chi connectivity index (χ3n) is 3.45. The van der Waals surface area contributed by atoms with Crippen molar-refractivity contribution in [2.75, 3.05) is 5.73 Å². The molecule has 1 heterocycles. The third-order valence-corrected chi connectivity index (χ3v) is 7.28. The molecule has 7 heteroatoms. The topological polar surface area (TPSA) is 83.9 Å². The maximum atomic E-state index is 13.0. The van der Waals surface area contributed by atoms with Gasteiger partial charge >= 0.3 is 0 Å². The van der Waals surface area contributed by atoms with Gasteiger partial charge in [-0.05, 0) is 29.8 Å². The minimum Gasteiger partial charge on any atom is -0.389 e. The lowest BCUT2D eigenvalue weighted by atomic mass is 10.1. The quantitative estimate of drug-likeness (QED) is 0.679. The zero-order valence-corrected chi connectivity index (χ0v) is 15.5. The highest BCUT2D eigenvalue weighted by atomic mass is 79.9. The van der Waals surface area contributed by atoms with Crippen molar-refractivity contribution in [3.63, 3.8) is 0 Å². The van der Waals surface area contributed by atoms with Gasteiger partial charge < -0.3 is 5.73 Å². The Morgan fingerprint density at radius 1 is 1.04 bits per heavy atom. The van der Waals surface area contributed by atoms with Crippen LogP contribution in [0.15, 0.2) is 68.2 Å². The summed E-state index contributed by atoms with van der Waals surface area (Å²) in [6.45, 7) is 0. The number of nitriles is 1. The number of thiophene rings is 1. The number of sulfone groups is 1. The first-order valence-electron chi connectivity index (χ1n) is 6.83. The van der Waals surface area contributed by atoms with E-state index < -0.39 is 9.84 Å². The number of nitrogens with zero attached hydrogens (tertiary/aromatic N) is 1. The molecular formula is C17H11BrN2O2S2. The Bertz CT molecular complexity index is 1030. The lowest BCUT2D eigenvalue weighted by Crippen LogP contribution is -2.01. The molecule has 0 spiro atoms. The van der Waals surface area contributed by atoms with Crippen LogP contribution in [0.25, 0.3) is 11.1 Å². The first-order chi connectivity index (χ1) is 11.4. The number of hydrogen-bond donors (Lipinski definition) is 1. The molecule has 1 aromatic heterocycles. The summed E-state index contributed by atoms with van der Waals surface area (Å²) in [4.78, 5) is 0.175. The summed E-state index contributed by atoms with van der Waals surface area (Å²) in [5.74, 6) is 0. The van der Waals surface area contributed by atoms with Crippen LogP contribution in [0.2, 0.25) is 0 Å². The molecule has 0 bridgehead atoms. The van der Waals surface area contributed by atoms with Crippen LogP contribution in [-0.4, -0.2) is 8.42 Å². The van der Waals surface area contributed by atoms with Crippen molar-refractivity contribution in [3.8, 4) is 17.2 Å². The zero-order chi connectivity index (χ0) is 17.3. The molecular weight excluding hydrogens is 408 g/mol. The molecule has 2 N–H and O–H groups in total. The van der Waals surface area contributed by atoms with E-state index in [2.05, 4.69) is 15.9 Å². The fourth-order valence-electron chi connectivity index (χ4n) is 2.31. The van der Waals surface area contributed by atoms with Gasteiger partial charge in [-0.3, -0.25) is 0 Å². The van der Waals surface area contributed by atoms with Crippen molar-refractivity contribution in [3.05, 3.63) is 64.6 Å². The summed E-state index contributed by atoms with van der Waals surface area (Å²) in [5.41, 5.74) is 7.10. The molecule has 0 aliphatic rings. The van der Waals surface area contributed by atoms with Gasteiger partial charge in [-0.25, -0.2) is 8.42 Å². The van der Waals surface area contributed by atoms with Crippen molar-refractivity contribution >= 4 is 42.1 Å². The van der Waals surface area contributed by atoms with E-state index in [4.69, 9.17) is 5.73 Å². The number of rotatable bonds is 3. The van der Waals surface area contributed by atoms with Crippen molar-refractivity contribution < 1.29 is 8.42 Å². The van der Waals surface area contributed by atoms with Gasteiger partial charge in [0, 0.05) is 10.0 Å². The molecule has 0 fully saturated rings. The van der Waals surface area contributed by atoms with Crippen molar-refractivity contribution in [1.29, 1.82) is 5.26 Å². The molecule has 0 radical (unpaired) electrons. The van der Waals surface area contributed by atoms with Gasteiger partial charge in [0.1, 0.15) is 15.3 Å². The highest BCUT2D eigenvalue weighted by Gasteiger charge is 2.28. The largest absolute Gasteiger partial charge is 0.389 e. The minimum atomic E-state index is -3.76. The number of anilines is 1. The minimum absolute atomic E-state index is 0.0880. The molecule has 0 aliphatic carbocycles. The number of hydrogen-bond acceptors (Lipinski definition) is 5. The summed E-state index contributed by atoms with van der Waals surface area (Å²) in [7, 11) is -3.76.